The topological polar surface area (TPSA) is 34.4 Å². The van der Waals surface area contributed by atoms with Gasteiger partial charge in [0.05, 0.1) is 12.7 Å². The Labute approximate surface area is 91.7 Å². The molecule has 86 valence electrons. The predicted molar refractivity (Wildman–Crippen MR) is 60.7 cm³/mol. The van der Waals surface area contributed by atoms with Gasteiger partial charge in [0.25, 0.3) is 0 Å². The van der Waals surface area contributed by atoms with E-state index in [9.17, 15) is 5.11 Å². The van der Waals surface area contributed by atoms with Crippen LogP contribution in [-0.2, 0) is 11.3 Å². The first-order chi connectivity index (χ1) is 7.09. The number of rotatable bonds is 6. The molecule has 0 aliphatic heterocycles. The maximum Gasteiger partial charge on any atom is 0.0776 e. The molecule has 0 saturated carbocycles. The Morgan fingerprint density at radius 3 is 2.67 bits per heavy atom. The summed E-state index contributed by atoms with van der Waals surface area (Å²) in [5.74, 6) is 0.586. The first kappa shape index (κ1) is 12.3. The van der Waals surface area contributed by atoms with Crippen molar-refractivity contribution < 1.29 is 9.84 Å². The summed E-state index contributed by atoms with van der Waals surface area (Å²) in [5.41, 5.74) is 0.957. The van der Waals surface area contributed by atoms with E-state index in [1.165, 1.54) is 0 Å². The van der Waals surface area contributed by atoms with Crippen molar-refractivity contribution in [1.82, 2.24) is 4.57 Å². The summed E-state index contributed by atoms with van der Waals surface area (Å²) in [6.45, 7) is 8.44. The van der Waals surface area contributed by atoms with Crippen molar-refractivity contribution in [3.05, 3.63) is 24.0 Å². The van der Waals surface area contributed by atoms with Gasteiger partial charge in [-0.15, -0.1) is 0 Å². The van der Waals surface area contributed by atoms with Crippen LogP contribution in [0.3, 0.4) is 0 Å². The molecule has 3 nitrogen and oxygen atoms in total. The van der Waals surface area contributed by atoms with Gasteiger partial charge in [0.15, 0.2) is 0 Å². The van der Waals surface area contributed by atoms with E-state index in [0.29, 0.717) is 5.92 Å². The van der Waals surface area contributed by atoms with Crippen LogP contribution in [0.4, 0.5) is 0 Å². The third kappa shape index (κ3) is 4.49. The highest BCUT2D eigenvalue weighted by atomic mass is 16.5. The number of aromatic nitrogens is 1. The molecular weight excluding hydrogens is 190 g/mol. The van der Waals surface area contributed by atoms with Crippen LogP contribution in [0.1, 0.15) is 32.4 Å². The smallest absolute Gasteiger partial charge is 0.0776 e. The summed E-state index contributed by atoms with van der Waals surface area (Å²) in [6.07, 6.45) is 3.55. The number of hydrogen-bond acceptors (Lipinski definition) is 2. The molecule has 0 radical (unpaired) electrons. The molecule has 1 rings (SSSR count). The van der Waals surface area contributed by atoms with E-state index >= 15 is 0 Å². The number of aliphatic hydroxyl groups is 1. The minimum absolute atomic E-state index is 0.386. The summed E-state index contributed by atoms with van der Waals surface area (Å²) in [7, 11) is 0. The molecule has 1 aromatic heterocycles. The largest absolute Gasteiger partial charge is 0.389 e. The lowest BCUT2D eigenvalue weighted by Crippen LogP contribution is -2.08. The molecule has 0 aliphatic carbocycles. The van der Waals surface area contributed by atoms with Crippen molar-refractivity contribution in [2.24, 2.45) is 5.92 Å². The van der Waals surface area contributed by atoms with E-state index < -0.39 is 0 Å². The average molecular weight is 211 g/mol. The summed E-state index contributed by atoms with van der Waals surface area (Å²) in [5, 5.41) is 9.34. The van der Waals surface area contributed by atoms with Crippen LogP contribution in [0.25, 0.3) is 0 Å². The zero-order chi connectivity index (χ0) is 11.3. The number of ether oxygens (including phenoxy) is 1. The minimum Gasteiger partial charge on any atom is -0.389 e. The Kier molecular flexibility index (Phi) is 4.85. The van der Waals surface area contributed by atoms with E-state index in [0.717, 1.165) is 25.3 Å². The van der Waals surface area contributed by atoms with Gasteiger partial charge in [-0.05, 0) is 24.5 Å². The van der Waals surface area contributed by atoms with E-state index in [1.54, 1.807) is 6.92 Å². The summed E-state index contributed by atoms with van der Waals surface area (Å²) in [6, 6.07) is 1.94. The molecule has 0 aliphatic rings. The fourth-order valence-electron chi connectivity index (χ4n) is 1.33. The Hall–Kier alpha value is -0.800. The van der Waals surface area contributed by atoms with Gasteiger partial charge < -0.3 is 14.4 Å². The molecule has 15 heavy (non-hydrogen) atoms. The predicted octanol–water partition coefficient (Wildman–Crippen LogP) is 2.21. The van der Waals surface area contributed by atoms with Crippen molar-refractivity contribution in [1.29, 1.82) is 0 Å². The fraction of sp³-hybridized carbons (Fsp3) is 0.667. The van der Waals surface area contributed by atoms with Crippen LogP contribution in [-0.4, -0.2) is 22.9 Å². The van der Waals surface area contributed by atoms with Gasteiger partial charge >= 0.3 is 0 Å². The second-order valence-corrected chi connectivity index (χ2v) is 4.33. The molecule has 1 atom stereocenters. The third-order valence-electron chi connectivity index (χ3n) is 2.20. The monoisotopic (exact) mass is 211 g/mol. The molecule has 0 spiro atoms. The van der Waals surface area contributed by atoms with E-state index in [1.807, 2.05) is 23.0 Å². The van der Waals surface area contributed by atoms with E-state index in [2.05, 4.69) is 13.8 Å². The Bertz CT molecular complexity index is 279. The Balaban J connectivity index is 2.26. The molecule has 3 heteroatoms. The first-order valence-corrected chi connectivity index (χ1v) is 5.51. The van der Waals surface area contributed by atoms with Crippen LogP contribution in [0, 0.1) is 5.92 Å². The Morgan fingerprint density at radius 1 is 1.40 bits per heavy atom. The van der Waals surface area contributed by atoms with Crippen LogP contribution in [0.2, 0.25) is 0 Å². The highest BCUT2D eigenvalue weighted by Crippen LogP contribution is 2.11. The molecule has 1 unspecified atom stereocenters. The van der Waals surface area contributed by atoms with Crippen molar-refractivity contribution in [3.63, 3.8) is 0 Å². The molecule has 0 saturated heterocycles. The molecule has 0 fully saturated rings. The number of hydrogen-bond donors (Lipinski definition) is 1. The first-order valence-electron chi connectivity index (χ1n) is 5.51. The summed E-state index contributed by atoms with van der Waals surface area (Å²) in [4.78, 5) is 0. The van der Waals surface area contributed by atoms with Crippen molar-refractivity contribution in [3.8, 4) is 0 Å². The number of aliphatic hydroxyl groups excluding tert-OH is 1. The van der Waals surface area contributed by atoms with Crippen molar-refractivity contribution in [2.75, 3.05) is 13.2 Å². The zero-order valence-electron chi connectivity index (χ0n) is 9.81. The zero-order valence-corrected chi connectivity index (χ0v) is 9.81. The van der Waals surface area contributed by atoms with Gasteiger partial charge in [0.2, 0.25) is 0 Å². The van der Waals surface area contributed by atoms with E-state index in [4.69, 9.17) is 4.74 Å². The van der Waals surface area contributed by atoms with Gasteiger partial charge in [-0.1, -0.05) is 13.8 Å². The molecular formula is C12H21NO2. The normalized spacial score (nSPS) is 13.4. The molecule has 0 aromatic carbocycles. The second-order valence-electron chi connectivity index (χ2n) is 4.33. The van der Waals surface area contributed by atoms with Gasteiger partial charge in [0, 0.05) is 25.5 Å². The highest BCUT2D eigenvalue weighted by Gasteiger charge is 2.02. The van der Waals surface area contributed by atoms with Crippen LogP contribution < -0.4 is 0 Å². The molecule has 0 bridgehead atoms. The van der Waals surface area contributed by atoms with Crippen LogP contribution in [0.5, 0.6) is 0 Å². The maximum absolute atomic E-state index is 9.34. The summed E-state index contributed by atoms with van der Waals surface area (Å²) >= 11 is 0. The van der Waals surface area contributed by atoms with E-state index in [-0.39, 0.29) is 6.10 Å². The molecule has 1 heterocycles. The number of nitrogens with zero attached hydrogens (tertiary/aromatic N) is 1. The quantitative estimate of drug-likeness (QED) is 0.732. The second kappa shape index (κ2) is 5.93. The third-order valence-corrected chi connectivity index (χ3v) is 2.20. The highest BCUT2D eigenvalue weighted by molar-refractivity contribution is 5.12. The van der Waals surface area contributed by atoms with Gasteiger partial charge in [0.1, 0.15) is 0 Å². The fourth-order valence-corrected chi connectivity index (χ4v) is 1.33. The maximum atomic E-state index is 9.34. The van der Waals surface area contributed by atoms with Crippen LogP contribution in [0.15, 0.2) is 18.5 Å². The molecule has 0 amide bonds. The SMILES string of the molecule is CC(C)COCCn1ccc(C(C)O)c1. The van der Waals surface area contributed by atoms with Crippen molar-refractivity contribution >= 4 is 0 Å². The van der Waals surface area contributed by atoms with Gasteiger partial charge in [-0.3, -0.25) is 0 Å². The lowest BCUT2D eigenvalue weighted by Gasteiger charge is -2.07. The lowest BCUT2D eigenvalue weighted by atomic mass is 10.2. The average Bonchev–Trinajstić information content (AvgIpc) is 2.60. The standard InChI is InChI=1S/C12H21NO2/c1-10(2)9-15-7-6-13-5-4-12(8-13)11(3)14/h4-5,8,10-11,14H,6-7,9H2,1-3H3. The summed E-state index contributed by atoms with van der Waals surface area (Å²) < 4.78 is 7.53. The molecule has 1 N–H and O–H groups in total. The molecule has 1 aromatic rings. The van der Waals surface area contributed by atoms with Gasteiger partial charge in [-0.2, -0.15) is 0 Å². The minimum atomic E-state index is -0.386. The van der Waals surface area contributed by atoms with Crippen LogP contribution >= 0.6 is 0 Å². The van der Waals surface area contributed by atoms with Gasteiger partial charge in [-0.25, -0.2) is 0 Å². The van der Waals surface area contributed by atoms with Crippen molar-refractivity contribution in [2.45, 2.75) is 33.4 Å². The Morgan fingerprint density at radius 2 is 2.13 bits per heavy atom. The lowest BCUT2D eigenvalue weighted by molar-refractivity contribution is 0.103.